The molecule has 0 radical (unpaired) electrons. The second-order valence-electron chi connectivity index (χ2n) is 5.99. The molecule has 0 bridgehead atoms. The van der Waals surface area contributed by atoms with E-state index in [-0.39, 0.29) is 0 Å². The summed E-state index contributed by atoms with van der Waals surface area (Å²) in [5.41, 5.74) is 1.61. The number of hydrogen-bond acceptors (Lipinski definition) is 7. The third-order valence-corrected chi connectivity index (χ3v) is 4.60. The molecule has 8 heteroatoms. The Labute approximate surface area is 143 Å². The third kappa shape index (κ3) is 2.34. The van der Waals surface area contributed by atoms with Gasteiger partial charge >= 0.3 is 0 Å². The molecule has 4 aromatic rings. The van der Waals surface area contributed by atoms with Gasteiger partial charge in [0.25, 0.3) is 0 Å². The zero-order valence-corrected chi connectivity index (χ0v) is 13.5. The number of rotatable bonds is 2. The molecule has 5 heterocycles. The van der Waals surface area contributed by atoms with Crippen LogP contribution < -0.4 is 9.80 Å². The fourth-order valence-corrected chi connectivity index (χ4v) is 3.37. The van der Waals surface area contributed by atoms with E-state index in [0.717, 1.165) is 54.5 Å². The van der Waals surface area contributed by atoms with Gasteiger partial charge < -0.3 is 9.80 Å². The van der Waals surface area contributed by atoms with Crippen LogP contribution in [0.15, 0.2) is 49.2 Å². The number of hydrogen-bond donors (Lipinski definition) is 0. The molecule has 0 aromatic carbocycles. The molecule has 8 nitrogen and oxygen atoms in total. The maximum atomic E-state index is 4.50. The molecule has 0 N–H and O–H groups in total. The molecule has 1 fully saturated rings. The molecule has 0 atom stereocenters. The van der Waals surface area contributed by atoms with Crippen LogP contribution in [-0.2, 0) is 0 Å². The van der Waals surface area contributed by atoms with Crippen molar-refractivity contribution in [1.82, 2.24) is 29.5 Å². The lowest BCUT2D eigenvalue weighted by molar-refractivity contribution is 0.640. The van der Waals surface area contributed by atoms with Crippen molar-refractivity contribution in [3.05, 3.63) is 49.2 Å². The van der Waals surface area contributed by atoms with Gasteiger partial charge in [0, 0.05) is 32.4 Å². The van der Waals surface area contributed by atoms with E-state index in [1.165, 1.54) is 0 Å². The SMILES string of the molecule is c1cnc2ncnc(N3CCN(c4cccc5nncn45)CC3)c2c1. The first-order valence-corrected chi connectivity index (χ1v) is 8.24. The number of pyridine rings is 2. The number of aromatic nitrogens is 6. The van der Waals surface area contributed by atoms with Gasteiger partial charge in [-0.1, -0.05) is 6.07 Å². The predicted octanol–water partition coefficient (Wildman–Crippen LogP) is 1.39. The molecule has 4 aromatic heterocycles. The van der Waals surface area contributed by atoms with Gasteiger partial charge in [-0.3, -0.25) is 4.40 Å². The van der Waals surface area contributed by atoms with Gasteiger partial charge in [0.05, 0.1) is 5.39 Å². The molecular weight excluding hydrogens is 316 g/mol. The van der Waals surface area contributed by atoms with Gasteiger partial charge in [-0.25, -0.2) is 15.0 Å². The molecule has 1 aliphatic heterocycles. The molecule has 0 aliphatic carbocycles. The lowest BCUT2D eigenvalue weighted by Gasteiger charge is -2.37. The zero-order valence-electron chi connectivity index (χ0n) is 13.5. The van der Waals surface area contributed by atoms with Gasteiger partial charge in [-0.2, -0.15) is 0 Å². The summed E-state index contributed by atoms with van der Waals surface area (Å²) >= 11 is 0. The molecule has 0 amide bonds. The lowest BCUT2D eigenvalue weighted by atomic mass is 10.2. The Hall–Kier alpha value is -3.29. The van der Waals surface area contributed by atoms with Crippen molar-refractivity contribution in [2.45, 2.75) is 0 Å². The quantitative estimate of drug-likeness (QED) is 0.549. The average Bonchev–Trinajstić information content (AvgIpc) is 3.17. The number of fused-ring (bicyclic) bond motifs is 2. The Morgan fingerprint density at radius 1 is 0.840 bits per heavy atom. The van der Waals surface area contributed by atoms with Crippen LogP contribution in [-0.4, -0.2) is 55.7 Å². The first-order chi connectivity index (χ1) is 12.4. The smallest absolute Gasteiger partial charge is 0.164 e. The van der Waals surface area contributed by atoms with Gasteiger partial charge in [-0.15, -0.1) is 10.2 Å². The first-order valence-electron chi connectivity index (χ1n) is 8.24. The van der Waals surface area contributed by atoms with Crippen molar-refractivity contribution in [2.75, 3.05) is 36.0 Å². The van der Waals surface area contributed by atoms with Crippen molar-refractivity contribution < 1.29 is 0 Å². The van der Waals surface area contributed by atoms with E-state index in [1.54, 1.807) is 18.9 Å². The highest BCUT2D eigenvalue weighted by Gasteiger charge is 2.21. The average molecular weight is 332 g/mol. The van der Waals surface area contributed by atoms with E-state index in [2.05, 4.69) is 41.0 Å². The van der Waals surface area contributed by atoms with E-state index in [4.69, 9.17) is 0 Å². The predicted molar refractivity (Wildman–Crippen MR) is 94.7 cm³/mol. The molecule has 0 spiro atoms. The van der Waals surface area contributed by atoms with E-state index >= 15 is 0 Å². The van der Waals surface area contributed by atoms with Gasteiger partial charge in [-0.05, 0) is 24.3 Å². The molecule has 1 aliphatic rings. The van der Waals surface area contributed by atoms with Crippen molar-refractivity contribution in [2.24, 2.45) is 0 Å². The molecule has 25 heavy (non-hydrogen) atoms. The highest BCUT2D eigenvalue weighted by atomic mass is 15.3. The fraction of sp³-hybridized carbons (Fsp3) is 0.235. The van der Waals surface area contributed by atoms with E-state index in [0.29, 0.717) is 0 Å². The van der Waals surface area contributed by atoms with Crippen LogP contribution in [0.1, 0.15) is 0 Å². The second kappa shape index (κ2) is 5.66. The summed E-state index contributed by atoms with van der Waals surface area (Å²) in [5, 5.41) is 9.13. The molecule has 1 saturated heterocycles. The van der Waals surface area contributed by atoms with Crippen molar-refractivity contribution in [1.29, 1.82) is 0 Å². The Morgan fingerprint density at radius 2 is 1.72 bits per heavy atom. The van der Waals surface area contributed by atoms with Crippen LogP contribution in [0.3, 0.4) is 0 Å². The largest absolute Gasteiger partial charge is 0.354 e. The monoisotopic (exact) mass is 332 g/mol. The summed E-state index contributed by atoms with van der Waals surface area (Å²) in [7, 11) is 0. The molecule has 0 unspecified atom stereocenters. The van der Waals surface area contributed by atoms with E-state index in [1.807, 2.05) is 28.7 Å². The Kier molecular flexibility index (Phi) is 3.19. The topological polar surface area (TPSA) is 75.3 Å². The van der Waals surface area contributed by atoms with Crippen molar-refractivity contribution in [3.63, 3.8) is 0 Å². The van der Waals surface area contributed by atoms with Gasteiger partial charge in [0.1, 0.15) is 24.3 Å². The fourth-order valence-electron chi connectivity index (χ4n) is 3.37. The minimum Gasteiger partial charge on any atom is -0.354 e. The number of anilines is 2. The number of nitrogens with zero attached hydrogens (tertiary/aromatic N) is 8. The maximum absolute atomic E-state index is 4.50. The van der Waals surface area contributed by atoms with Crippen LogP contribution >= 0.6 is 0 Å². The first kappa shape index (κ1) is 14.1. The minimum absolute atomic E-state index is 0.740. The van der Waals surface area contributed by atoms with E-state index in [9.17, 15) is 0 Å². The van der Waals surface area contributed by atoms with Crippen molar-refractivity contribution >= 4 is 28.3 Å². The lowest BCUT2D eigenvalue weighted by Crippen LogP contribution is -2.47. The van der Waals surface area contributed by atoms with Crippen LogP contribution in [0.4, 0.5) is 11.6 Å². The minimum atomic E-state index is 0.740. The standard InChI is InChI=1S/C17H16N8/c1-4-14-22-21-12-25(14)15(5-1)23-7-9-24(10-8-23)17-13-3-2-6-18-16(13)19-11-20-17/h1-6,11-12H,7-10H2. The maximum Gasteiger partial charge on any atom is 0.164 e. The molecule has 0 saturated carbocycles. The summed E-state index contributed by atoms with van der Waals surface area (Å²) < 4.78 is 2.03. The highest BCUT2D eigenvalue weighted by molar-refractivity contribution is 5.86. The number of piperazine rings is 1. The second-order valence-corrected chi connectivity index (χ2v) is 5.99. The van der Waals surface area contributed by atoms with E-state index < -0.39 is 0 Å². The molecule has 5 rings (SSSR count). The highest BCUT2D eigenvalue weighted by Crippen LogP contribution is 2.24. The van der Waals surface area contributed by atoms with Crippen LogP contribution in [0.2, 0.25) is 0 Å². The Balaban J connectivity index is 1.42. The normalized spacial score (nSPS) is 15.2. The summed E-state index contributed by atoms with van der Waals surface area (Å²) in [6.07, 6.45) is 5.12. The van der Waals surface area contributed by atoms with Gasteiger partial charge in [0.15, 0.2) is 11.3 Å². The Morgan fingerprint density at radius 3 is 2.64 bits per heavy atom. The zero-order chi connectivity index (χ0) is 16.6. The van der Waals surface area contributed by atoms with Crippen molar-refractivity contribution in [3.8, 4) is 0 Å². The van der Waals surface area contributed by atoms with Crippen LogP contribution in [0.25, 0.3) is 16.7 Å². The Bertz CT molecular complexity index is 1030. The van der Waals surface area contributed by atoms with Gasteiger partial charge in [0.2, 0.25) is 0 Å². The van der Waals surface area contributed by atoms with Crippen LogP contribution in [0, 0.1) is 0 Å². The van der Waals surface area contributed by atoms with Crippen LogP contribution in [0.5, 0.6) is 0 Å². The summed E-state index contributed by atoms with van der Waals surface area (Å²) in [5.74, 6) is 2.08. The molecule has 124 valence electrons. The summed E-state index contributed by atoms with van der Waals surface area (Å²) in [6.45, 7) is 3.59. The summed E-state index contributed by atoms with van der Waals surface area (Å²) in [4.78, 5) is 17.7. The summed E-state index contributed by atoms with van der Waals surface area (Å²) in [6, 6.07) is 10.1. The third-order valence-electron chi connectivity index (χ3n) is 4.60. The molecular formula is C17H16N8.